The van der Waals surface area contributed by atoms with Crippen molar-refractivity contribution in [3.05, 3.63) is 63.6 Å². The second-order valence-electron chi connectivity index (χ2n) is 5.16. The molecule has 2 rings (SSSR count). The van der Waals surface area contributed by atoms with Crippen molar-refractivity contribution in [1.82, 2.24) is 5.32 Å². The van der Waals surface area contributed by atoms with Crippen molar-refractivity contribution in [3.8, 4) is 0 Å². The van der Waals surface area contributed by atoms with E-state index in [1.54, 1.807) is 0 Å². The van der Waals surface area contributed by atoms with Crippen molar-refractivity contribution in [1.29, 1.82) is 0 Å². The Kier molecular flexibility index (Phi) is 6.34. The molecule has 1 atom stereocenters. The van der Waals surface area contributed by atoms with Crippen molar-refractivity contribution in [2.24, 2.45) is 0 Å². The molecule has 0 aliphatic rings. The molecule has 2 aromatic carbocycles. The van der Waals surface area contributed by atoms with Gasteiger partial charge >= 0.3 is 0 Å². The van der Waals surface area contributed by atoms with Gasteiger partial charge in [0.15, 0.2) is 0 Å². The van der Waals surface area contributed by atoms with Crippen LogP contribution in [0.15, 0.2) is 51.8 Å². The summed E-state index contributed by atoms with van der Waals surface area (Å²) in [5, 5.41) is 3.62. The summed E-state index contributed by atoms with van der Waals surface area (Å²) in [5.74, 6) is 1.04. The van der Waals surface area contributed by atoms with Gasteiger partial charge in [-0.1, -0.05) is 41.1 Å². The van der Waals surface area contributed by atoms with Crippen LogP contribution in [0.3, 0.4) is 0 Å². The molecule has 1 unspecified atom stereocenters. The average molecular weight is 364 g/mol. The average Bonchev–Trinajstić information content (AvgIpc) is 2.48. The van der Waals surface area contributed by atoms with Crippen LogP contribution >= 0.6 is 27.7 Å². The van der Waals surface area contributed by atoms with E-state index in [2.05, 4.69) is 84.5 Å². The van der Waals surface area contributed by atoms with Crippen LogP contribution in [0.1, 0.15) is 29.7 Å². The minimum atomic E-state index is 0.392. The normalized spacial score (nSPS) is 12.4. The van der Waals surface area contributed by atoms with Gasteiger partial charge in [-0.25, -0.2) is 0 Å². The van der Waals surface area contributed by atoms with Crippen LogP contribution in [0.5, 0.6) is 0 Å². The molecule has 0 fully saturated rings. The van der Waals surface area contributed by atoms with Crippen LogP contribution < -0.4 is 5.32 Å². The molecule has 0 spiro atoms. The van der Waals surface area contributed by atoms with Crippen LogP contribution in [0.4, 0.5) is 0 Å². The van der Waals surface area contributed by atoms with Crippen molar-refractivity contribution >= 4 is 27.7 Å². The van der Waals surface area contributed by atoms with Crippen molar-refractivity contribution in [2.75, 3.05) is 12.3 Å². The minimum absolute atomic E-state index is 0.392. The maximum absolute atomic E-state index is 3.62. The van der Waals surface area contributed by atoms with Gasteiger partial charge in [-0.3, -0.25) is 0 Å². The van der Waals surface area contributed by atoms with E-state index in [0.717, 1.165) is 16.8 Å². The van der Waals surface area contributed by atoms with E-state index in [9.17, 15) is 0 Å². The van der Waals surface area contributed by atoms with E-state index < -0.39 is 0 Å². The van der Waals surface area contributed by atoms with Crippen LogP contribution in [0.2, 0.25) is 0 Å². The maximum atomic E-state index is 3.62. The smallest absolute Gasteiger partial charge is 0.0418 e. The standard InChI is InChI=1S/C18H22BrNS/c1-4-20-18(17-7-5-6-13(2)14(17)3)12-21-16-10-8-15(19)9-11-16/h5-11,18,20H,4,12H2,1-3H3. The summed E-state index contributed by atoms with van der Waals surface area (Å²) in [4.78, 5) is 1.31. The third-order valence-corrected chi connectivity index (χ3v) is 5.34. The second-order valence-corrected chi connectivity index (χ2v) is 7.17. The molecule has 0 radical (unpaired) electrons. The second kappa shape index (κ2) is 8.02. The van der Waals surface area contributed by atoms with E-state index in [1.165, 1.54) is 21.6 Å². The first-order chi connectivity index (χ1) is 10.1. The number of benzene rings is 2. The molecule has 0 heterocycles. The lowest BCUT2D eigenvalue weighted by Gasteiger charge is -2.21. The molecule has 0 saturated heterocycles. The monoisotopic (exact) mass is 363 g/mol. The number of rotatable bonds is 6. The van der Waals surface area contributed by atoms with Crippen LogP contribution in [-0.4, -0.2) is 12.3 Å². The molecule has 0 aliphatic heterocycles. The highest BCUT2D eigenvalue weighted by atomic mass is 79.9. The molecule has 0 amide bonds. The summed E-state index contributed by atoms with van der Waals surface area (Å²) < 4.78 is 1.13. The molecule has 3 heteroatoms. The molecule has 1 nitrogen and oxygen atoms in total. The molecule has 0 aliphatic carbocycles. The quantitative estimate of drug-likeness (QED) is 0.679. The molecule has 1 N–H and O–H groups in total. The first-order valence-corrected chi connectivity index (χ1v) is 9.07. The predicted octanol–water partition coefficient (Wildman–Crippen LogP) is 5.51. The van der Waals surface area contributed by atoms with Gasteiger partial charge in [0.05, 0.1) is 0 Å². The molecule has 0 aromatic heterocycles. The van der Waals surface area contributed by atoms with Crippen LogP contribution in [0.25, 0.3) is 0 Å². The fourth-order valence-electron chi connectivity index (χ4n) is 2.37. The van der Waals surface area contributed by atoms with Crippen LogP contribution in [-0.2, 0) is 0 Å². The molecular weight excluding hydrogens is 342 g/mol. The topological polar surface area (TPSA) is 12.0 Å². The van der Waals surface area contributed by atoms with Crippen molar-refractivity contribution < 1.29 is 0 Å². The Morgan fingerprint density at radius 3 is 2.48 bits per heavy atom. The lowest BCUT2D eigenvalue weighted by atomic mass is 9.98. The van der Waals surface area contributed by atoms with E-state index in [-0.39, 0.29) is 0 Å². The third kappa shape index (κ3) is 4.60. The molecule has 2 aromatic rings. The Hall–Kier alpha value is -0.770. The van der Waals surface area contributed by atoms with Gasteiger partial charge < -0.3 is 5.32 Å². The fourth-order valence-corrected chi connectivity index (χ4v) is 3.62. The largest absolute Gasteiger partial charge is 0.309 e. The minimum Gasteiger partial charge on any atom is -0.309 e. The van der Waals surface area contributed by atoms with Crippen molar-refractivity contribution in [2.45, 2.75) is 31.7 Å². The van der Waals surface area contributed by atoms with Gasteiger partial charge in [0, 0.05) is 21.2 Å². The zero-order chi connectivity index (χ0) is 15.2. The predicted molar refractivity (Wildman–Crippen MR) is 97.2 cm³/mol. The van der Waals surface area contributed by atoms with Gasteiger partial charge in [-0.15, -0.1) is 11.8 Å². The lowest BCUT2D eigenvalue weighted by molar-refractivity contribution is 0.602. The zero-order valence-electron chi connectivity index (χ0n) is 12.8. The van der Waals surface area contributed by atoms with Crippen molar-refractivity contribution in [3.63, 3.8) is 0 Å². The van der Waals surface area contributed by atoms with Gasteiger partial charge in [-0.2, -0.15) is 0 Å². The molecule has 0 saturated carbocycles. The first kappa shape index (κ1) is 16.6. The summed E-state index contributed by atoms with van der Waals surface area (Å²) in [6, 6.07) is 15.5. The molecule has 112 valence electrons. The molecule has 21 heavy (non-hydrogen) atoms. The van der Waals surface area contributed by atoms with Gasteiger partial charge in [-0.05, 0) is 61.3 Å². The van der Waals surface area contributed by atoms with E-state index in [4.69, 9.17) is 0 Å². The Balaban J connectivity index is 2.12. The Morgan fingerprint density at radius 1 is 1.10 bits per heavy atom. The van der Waals surface area contributed by atoms with Gasteiger partial charge in [0.2, 0.25) is 0 Å². The molecular formula is C18H22BrNS. The summed E-state index contributed by atoms with van der Waals surface area (Å²) in [5.41, 5.74) is 4.19. The summed E-state index contributed by atoms with van der Waals surface area (Å²) >= 11 is 5.39. The number of nitrogens with one attached hydrogen (secondary N) is 1. The van der Waals surface area contributed by atoms with Gasteiger partial charge in [0.25, 0.3) is 0 Å². The van der Waals surface area contributed by atoms with E-state index in [1.807, 2.05) is 11.8 Å². The van der Waals surface area contributed by atoms with E-state index in [0.29, 0.717) is 6.04 Å². The van der Waals surface area contributed by atoms with Crippen LogP contribution in [0, 0.1) is 13.8 Å². The summed E-state index contributed by atoms with van der Waals surface area (Å²) in [6.07, 6.45) is 0. The summed E-state index contributed by atoms with van der Waals surface area (Å²) in [7, 11) is 0. The number of hydrogen-bond acceptors (Lipinski definition) is 2. The maximum Gasteiger partial charge on any atom is 0.0418 e. The highest BCUT2D eigenvalue weighted by molar-refractivity contribution is 9.10. The first-order valence-electron chi connectivity index (χ1n) is 7.29. The highest BCUT2D eigenvalue weighted by Gasteiger charge is 2.14. The number of aryl methyl sites for hydroxylation is 1. The Bertz CT molecular complexity index is 580. The SMILES string of the molecule is CCNC(CSc1ccc(Br)cc1)c1cccc(C)c1C. The Morgan fingerprint density at radius 2 is 1.81 bits per heavy atom. The Labute approximate surface area is 140 Å². The lowest BCUT2D eigenvalue weighted by Crippen LogP contribution is -2.24. The number of halogens is 1. The molecule has 0 bridgehead atoms. The number of hydrogen-bond donors (Lipinski definition) is 1. The number of thioether (sulfide) groups is 1. The third-order valence-electron chi connectivity index (χ3n) is 3.70. The zero-order valence-corrected chi connectivity index (χ0v) is 15.2. The summed E-state index contributed by atoms with van der Waals surface area (Å²) in [6.45, 7) is 7.56. The fraction of sp³-hybridized carbons (Fsp3) is 0.333. The highest BCUT2D eigenvalue weighted by Crippen LogP contribution is 2.28. The van der Waals surface area contributed by atoms with Gasteiger partial charge in [0.1, 0.15) is 0 Å². The van der Waals surface area contributed by atoms with E-state index >= 15 is 0 Å².